The highest BCUT2D eigenvalue weighted by molar-refractivity contribution is 5.82. The van der Waals surface area contributed by atoms with Gasteiger partial charge in [-0.1, -0.05) is 48.5 Å². The second kappa shape index (κ2) is 9.08. The largest absolute Gasteiger partial charge is 0.454 e. The molecule has 0 saturated carbocycles. The summed E-state index contributed by atoms with van der Waals surface area (Å²) in [5.41, 5.74) is 4.27. The predicted octanol–water partition coefficient (Wildman–Crippen LogP) is 5.20. The Morgan fingerprint density at radius 2 is 1.81 bits per heavy atom. The Morgan fingerprint density at radius 3 is 2.61 bits per heavy atom. The molecule has 0 bridgehead atoms. The molecule has 0 unspecified atom stereocenters. The first kappa shape index (κ1) is 20.0. The molecule has 1 aliphatic heterocycles. The molecule has 31 heavy (non-hydrogen) atoms. The zero-order valence-electron chi connectivity index (χ0n) is 18.0. The SMILES string of the molecule is CN(Cc1cn(Cc2ccccc2)nc1-c1cc2ccccc2o1)CC1CCOCC1. The summed E-state index contributed by atoms with van der Waals surface area (Å²) in [4.78, 5) is 2.41. The van der Waals surface area contributed by atoms with Crippen LogP contribution in [-0.4, -0.2) is 41.5 Å². The number of aromatic nitrogens is 2. The Morgan fingerprint density at radius 1 is 1.03 bits per heavy atom. The fourth-order valence-electron chi connectivity index (χ4n) is 4.46. The van der Waals surface area contributed by atoms with E-state index in [0.717, 1.165) is 68.1 Å². The zero-order chi connectivity index (χ0) is 21.0. The molecule has 0 amide bonds. The smallest absolute Gasteiger partial charge is 0.156 e. The van der Waals surface area contributed by atoms with Crippen molar-refractivity contribution in [3.8, 4) is 11.5 Å². The molecule has 1 fully saturated rings. The van der Waals surface area contributed by atoms with Crippen molar-refractivity contribution in [3.05, 3.63) is 78.0 Å². The first-order valence-electron chi connectivity index (χ1n) is 11.1. The topological polar surface area (TPSA) is 43.4 Å². The molecule has 0 aliphatic carbocycles. The summed E-state index contributed by atoms with van der Waals surface area (Å²) in [6.07, 6.45) is 4.47. The highest BCUT2D eigenvalue weighted by Gasteiger charge is 2.20. The van der Waals surface area contributed by atoms with Gasteiger partial charge in [0.15, 0.2) is 5.76 Å². The molecule has 0 spiro atoms. The van der Waals surface area contributed by atoms with Crippen LogP contribution in [0.2, 0.25) is 0 Å². The fraction of sp³-hybridized carbons (Fsp3) is 0.346. The molecule has 160 valence electrons. The summed E-state index contributed by atoms with van der Waals surface area (Å²) in [5, 5.41) is 6.06. The Hall–Kier alpha value is -2.89. The van der Waals surface area contributed by atoms with E-state index in [1.54, 1.807) is 0 Å². The molecule has 4 aromatic rings. The number of para-hydroxylation sites is 1. The third-order valence-electron chi connectivity index (χ3n) is 6.03. The summed E-state index contributed by atoms with van der Waals surface area (Å²) in [6, 6.07) is 20.7. The molecule has 0 N–H and O–H groups in total. The van der Waals surface area contributed by atoms with Crippen molar-refractivity contribution in [2.75, 3.05) is 26.8 Å². The minimum Gasteiger partial charge on any atom is -0.454 e. The molecule has 2 aromatic heterocycles. The van der Waals surface area contributed by atoms with Crippen LogP contribution in [0.3, 0.4) is 0 Å². The number of fused-ring (bicyclic) bond motifs is 1. The van der Waals surface area contributed by atoms with Crippen molar-refractivity contribution in [3.63, 3.8) is 0 Å². The van der Waals surface area contributed by atoms with Crippen molar-refractivity contribution >= 4 is 11.0 Å². The monoisotopic (exact) mass is 415 g/mol. The lowest BCUT2D eigenvalue weighted by Gasteiger charge is -2.27. The summed E-state index contributed by atoms with van der Waals surface area (Å²) >= 11 is 0. The van der Waals surface area contributed by atoms with Crippen LogP contribution in [0.1, 0.15) is 24.0 Å². The van der Waals surface area contributed by atoms with E-state index >= 15 is 0 Å². The van der Waals surface area contributed by atoms with Gasteiger partial charge in [0.05, 0.1) is 6.54 Å². The average Bonchev–Trinajstić information content (AvgIpc) is 3.38. The van der Waals surface area contributed by atoms with E-state index in [4.69, 9.17) is 14.3 Å². The molecule has 0 atom stereocenters. The van der Waals surface area contributed by atoms with Crippen molar-refractivity contribution < 1.29 is 9.15 Å². The van der Waals surface area contributed by atoms with Gasteiger partial charge in [-0.15, -0.1) is 0 Å². The van der Waals surface area contributed by atoms with Crippen molar-refractivity contribution in [1.82, 2.24) is 14.7 Å². The van der Waals surface area contributed by atoms with E-state index in [9.17, 15) is 0 Å². The Bertz CT molecular complexity index is 1090. The maximum atomic E-state index is 6.18. The van der Waals surface area contributed by atoms with Gasteiger partial charge in [-0.25, -0.2) is 0 Å². The van der Waals surface area contributed by atoms with Gasteiger partial charge in [0.25, 0.3) is 0 Å². The van der Waals surface area contributed by atoms with Gasteiger partial charge in [0.2, 0.25) is 0 Å². The van der Waals surface area contributed by atoms with Crippen LogP contribution >= 0.6 is 0 Å². The summed E-state index contributed by atoms with van der Waals surface area (Å²) in [7, 11) is 2.20. The first-order valence-corrected chi connectivity index (χ1v) is 11.1. The van der Waals surface area contributed by atoms with Crippen LogP contribution in [0, 0.1) is 5.92 Å². The second-order valence-electron chi connectivity index (χ2n) is 8.59. The van der Waals surface area contributed by atoms with Crippen LogP contribution in [0.25, 0.3) is 22.4 Å². The maximum absolute atomic E-state index is 6.18. The lowest BCUT2D eigenvalue weighted by Crippen LogP contribution is -2.29. The minimum absolute atomic E-state index is 0.702. The number of furan rings is 1. The van der Waals surface area contributed by atoms with Crippen LogP contribution < -0.4 is 0 Å². The number of hydrogen-bond donors (Lipinski definition) is 0. The zero-order valence-corrected chi connectivity index (χ0v) is 18.0. The van der Waals surface area contributed by atoms with E-state index in [1.165, 1.54) is 11.1 Å². The molecular formula is C26H29N3O2. The van der Waals surface area contributed by atoms with Crippen LogP contribution in [0.4, 0.5) is 0 Å². The minimum atomic E-state index is 0.702. The Labute approximate surface area is 183 Å². The number of ether oxygens (including phenoxy) is 1. The highest BCUT2D eigenvalue weighted by Crippen LogP contribution is 2.30. The van der Waals surface area contributed by atoms with Gasteiger partial charge in [-0.2, -0.15) is 5.10 Å². The molecule has 1 saturated heterocycles. The van der Waals surface area contributed by atoms with Crippen molar-refractivity contribution in [2.45, 2.75) is 25.9 Å². The molecule has 1 aliphatic rings. The Balaban J connectivity index is 1.42. The van der Waals surface area contributed by atoms with E-state index in [1.807, 2.05) is 28.9 Å². The maximum Gasteiger partial charge on any atom is 0.156 e. The van der Waals surface area contributed by atoms with Gasteiger partial charge < -0.3 is 14.1 Å². The average molecular weight is 416 g/mol. The number of rotatable bonds is 7. The normalized spacial score (nSPS) is 15.2. The quantitative estimate of drug-likeness (QED) is 0.416. The van der Waals surface area contributed by atoms with E-state index < -0.39 is 0 Å². The molecule has 2 aromatic carbocycles. The number of benzene rings is 2. The summed E-state index contributed by atoms with van der Waals surface area (Å²) in [6.45, 7) is 4.44. The van der Waals surface area contributed by atoms with Gasteiger partial charge in [0.1, 0.15) is 11.3 Å². The lowest BCUT2D eigenvalue weighted by atomic mass is 10.00. The van der Waals surface area contributed by atoms with Crippen LogP contribution in [0.15, 0.2) is 71.3 Å². The molecule has 3 heterocycles. The number of hydrogen-bond acceptors (Lipinski definition) is 4. The molecular weight excluding hydrogens is 386 g/mol. The second-order valence-corrected chi connectivity index (χ2v) is 8.59. The fourth-order valence-corrected chi connectivity index (χ4v) is 4.46. The van der Waals surface area contributed by atoms with Gasteiger partial charge in [0, 0.05) is 43.4 Å². The van der Waals surface area contributed by atoms with E-state index in [2.05, 4.69) is 54.5 Å². The Kier molecular flexibility index (Phi) is 5.87. The molecule has 5 rings (SSSR count). The van der Waals surface area contributed by atoms with Crippen molar-refractivity contribution in [1.29, 1.82) is 0 Å². The predicted molar refractivity (Wildman–Crippen MR) is 123 cm³/mol. The van der Waals surface area contributed by atoms with Gasteiger partial charge in [-0.05, 0) is 43.5 Å². The lowest BCUT2D eigenvalue weighted by molar-refractivity contribution is 0.0550. The third-order valence-corrected chi connectivity index (χ3v) is 6.03. The van der Waals surface area contributed by atoms with Gasteiger partial charge >= 0.3 is 0 Å². The summed E-state index contributed by atoms with van der Waals surface area (Å²) < 4.78 is 13.7. The molecule has 0 radical (unpaired) electrons. The summed E-state index contributed by atoms with van der Waals surface area (Å²) in [5.74, 6) is 1.54. The van der Waals surface area contributed by atoms with Crippen molar-refractivity contribution in [2.24, 2.45) is 5.92 Å². The first-order chi connectivity index (χ1) is 15.2. The molecule has 5 nitrogen and oxygen atoms in total. The third kappa shape index (κ3) is 4.73. The van der Waals surface area contributed by atoms with E-state index in [0.29, 0.717) is 5.92 Å². The van der Waals surface area contributed by atoms with Crippen LogP contribution in [-0.2, 0) is 17.8 Å². The number of nitrogens with zero attached hydrogens (tertiary/aromatic N) is 3. The van der Waals surface area contributed by atoms with E-state index in [-0.39, 0.29) is 0 Å². The highest BCUT2D eigenvalue weighted by atomic mass is 16.5. The van der Waals surface area contributed by atoms with Gasteiger partial charge in [-0.3, -0.25) is 4.68 Å². The standard InChI is InChI=1S/C26H29N3O2/c1-28(16-21-11-13-30-14-12-21)18-23-19-29(17-20-7-3-2-4-8-20)27-26(23)25-15-22-9-5-6-10-24(22)31-25/h2-10,15,19,21H,11-14,16-18H2,1H3. The van der Waals surface area contributed by atoms with Crippen LogP contribution in [0.5, 0.6) is 0 Å². The molecule has 5 heteroatoms.